The third-order valence-corrected chi connectivity index (χ3v) is 1.13. The van der Waals surface area contributed by atoms with E-state index in [1.54, 1.807) is 0 Å². The Labute approximate surface area is 91.0 Å². The van der Waals surface area contributed by atoms with E-state index in [-0.39, 0.29) is 19.0 Å². The van der Waals surface area contributed by atoms with E-state index < -0.39 is 12.1 Å². The zero-order valence-corrected chi connectivity index (χ0v) is 9.82. The van der Waals surface area contributed by atoms with Crippen molar-refractivity contribution in [1.29, 1.82) is 0 Å². The maximum absolute atomic E-state index is 9.45. The number of aliphatic hydroxyl groups excluding tert-OH is 2. The van der Waals surface area contributed by atoms with E-state index in [0.29, 0.717) is 0 Å². The second kappa shape index (κ2) is 9.21. The Kier molecular flexibility index (Phi) is 12.7. The Hall–Kier alpha value is -0.360. The molecule has 0 saturated heterocycles. The Morgan fingerprint density at radius 3 is 1.64 bits per heavy atom. The molecular formula is C8H20ClNO4. The van der Waals surface area contributed by atoms with Gasteiger partial charge in [0, 0.05) is 0 Å². The van der Waals surface area contributed by atoms with Gasteiger partial charge in [0.05, 0.1) is 27.7 Å². The van der Waals surface area contributed by atoms with E-state index >= 15 is 0 Å². The molecule has 0 aliphatic heterocycles. The van der Waals surface area contributed by atoms with Gasteiger partial charge in [0.25, 0.3) is 0 Å². The van der Waals surface area contributed by atoms with Crippen LogP contribution in [-0.2, 0) is 4.79 Å². The van der Waals surface area contributed by atoms with Crippen LogP contribution in [0.5, 0.6) is 0 Å². The molecule has 0 amide bonds. The maximum Gasteiger partial charge on any atom is 0.332 e. The summed E-state index contributed by atoms with van der Waals surface area (Å²) >= 11 is 0. The lowest BCUT2D eigenvalue weighted by molar-refractivity contribution is -0.870. The van der Waals surface area contributed by atoms with Crippen molar-refractivity contribution in [3.05, 3.63) is 0 Å². The summed E-state index contributed by atoms with van der Waals surface area (Å²) in [5.74, 6) is -1.19. The molecule has 6 heteroatoms. The quantitative estimate of drug-likeness (QED) is 0.433. The highest BCUT2D eigenvalue weighted by atomic mass is 35.5. The zero-order chi connectivity index (χ0) is 11.1. The predicted molar refractivity (Wildman–Crippen MR) is 49.3 cm³/mol. The summed E-state index contributed by atoms with van der Waals surface area (Å²) in [4.78, 5) is 9.45. The lowest BCUT2D eigenvalue weighted by Gasteiger charge is -2.21. The van der Waals surface area contributed by atoms with Crippen LogP contribution >= 0.6 is 0 Å². The number of nitrogens with zero attached hydrogens (tertiary/aromatic N) is 1. The zero-order valence-electron chi connectivity index (χ0n) is 9.07. The van der Waals surface area contributed by atoms with Crippen LogP contribution in [0.1, 0.15) is 6.92 Å². The molecule has 3 N–H and O–H groups in total. The van der Waals surface area contributed by atoms with Crippen LogP contribution in [0.4, 0.5) is 0 Å². The fourth-order valence-corrected chi connectivity index (χ4v) is 0.300. The second-order valence-electron chi connectivity index (χ2n) is 3.75. The van der Waals surface area contributed by atoms with Gasteiger partial charge in [-0.3, -0.25) is 0 Å². The lowest BCUT2D eigenvalue weighted by atomic mass is 10.4. The summed E-state index contributed by atoms with van der Waals surface area (Å²) in [6.07, 6.45) is -1.23. The molecule has 0 fully saturated rings. The second-order valence-corrected chi connectivity index (χ2v) is 3.75. The Bertz CT molecular complexity index is 145. The van der Waals surface area contributed by atoms with E-state index in [1.165, 1.54) is 6.92 Å². The number of likely N-dealkylation sites (N-methyl/N-ethyl adjacent to an activating group) is 1. The number of halogens is 1. The number of carboxylic acids is 1. The van der Waals surface area contributed by atoms with E-state index in [1.807, 2.05) is 0 Å². The van der Waals surface area contributed by atoms with Gasteiger partial charge in [-0.25, -0.2) is 4.79 Å². The van der Waals surface area contributed by atoms with Crippen molar-refractivity contribution in [3.8, 4) is 0 Å². The van der Waals surface area contributed by atoms with Gasteiger partial charge in [-0.15, -0.1) is 0 Å². The van der Waals surface area contributed by atoms with Crippen molar-refractivity contribution in [2.45, 2.75) is 13.0 Å². The number of hydrogen-bond donors (Lipinski definition) is 3. The van der Waals surface area contributed by atoms with Gasteiger partial charge in [-0.2, -0.15) is 0 Å². The fraction of sp³-hybridized carbons (Fsp3) is 0.875. The molecule has 0 aromatic rings. The van der Waals surface area contributed by atoms with Crippen LogP contribution in [0.3, 0.4) is 0 Å². The first-order chi connectivity index (χ1) is 5.70. The molecule has 0 heterocycles. The molecule has 0 rings (SSSR count). The van der Waals surface area contributed by atoms with E-state index in [9.17, 15) is 4.79 Å². The summed E-state index contributed by atoms with van der Waals surface area (Å²) in [6.45, 7) is 2.31. The average molecular weight is 230 g/mol. The molecule has 0 spiro atoms. The number of carboxylic acid groups (broad SMARTS) is 1. The highest BCUT2D eigenvalue weighted by Crippen LogP contribution is 1.84. The number of aliphatic carboxylic acids is 1. The van der Waals surface area contributed by atoms with Gasteiger partial charge in [-0.05, 0) is 6.92 Å². The van der Waals surface area contributed by atoms with E-state index in [4.69, 9.17) is 15.3 Å². The molecular weight excluding hydrogens is 210 g/mol. The van der Waals surface area contributed by atoms with Gasteiger partial charge in [0.2, 0.25) is 0 Å². The van der Waals surface area contributed by atoms with Crippen LogP contribution in [0.2, 0.25) is 0 Å². The largest absolute Gasteiger partial charge is 1.00 e. The van der Waals surface area contributed by atoms with Gasteiger partial charge < -0.3 is 32.2 Å². The van der Waals surface area contributed by atoms with Gasteiger partial charge >= 0.3 is 5.97 Å². The van der Waals surface area contributed by atoms with E-state index in [2.05, 4.69) is 21.1 Å². The average Bonchev–Trinajstić information content (AvgIpc) is 1.85. The van der Waals surface area contributed by atoms with Crippen molar-refractivity contribution in [1.82, 2.24) is 0 Å². The molecule has 0 bridgehead atoms. The van der Waals surface area contributed by atoms with Crippen molar-refractivity contribution in [2.24, 2.45) is 0 Å². The molecule has 0 aliphatic rings. The molecule has 5 nitrogen and oxygen atoms in total. The van der Waals surface area contributed by atoms with Crippen molar-refractivity contribution >= 4 is 5.97 Å². The number of quaternary nitrogens is 1. The summed E-state index contributed by atoms with van der Waals surface area (Å²) in [5.41, 5.74) is 0. The molecule has 88 valence electrons. The summed E-state index contributed by atoms with van der Waals surface area (Å²) in [7, 11) is 6.16. The highest BCUT2D eigenvalue weighted by Gasteiger charge is 2.02. The number of aliphatic hydroxyl groups is 2. The normalized spacial score (nSPS) is 11.9. The minimum Gasteiger partial charge on any atom is -1.00 e. The predicted octanol–water partition coefficient (Wildman–Crippen LogP) is -3.86. The lowest BCUT2D eigenvalue weighted by Crippen LogP contribution is -3.00. The Morgan fingerprint density at radius 2 is 1.64 bits per heavy atom. The van der Waals surface area contributed by atoms with Crippen molar-refractivity contribution in [3.63, 3.8) is 0 Å². The van der Waals surface area contributed by atoms with Crippen LogP contribution in [0.25, 0.3) is 0 Å². The highest BCUT2D eigenvalue weighted by molar-refractivity contribution is 5.71. The third kappa shape index (κ3) is 22.6. The summed E-state index contributed by atoms with van der Waals surface area (Å²) < 4.78 is 0.844. The summed E-state index contributed by atoms with van der Waals surface area (Å²) in [6, 6.07) is 0. The Morgan fingerprint density at radius 1 is 1.36 bits per heavy atom. The number of hydrogen-bond acceptors (Lipinski definition) is 3. The molecule has 0 aromatic heterocycles. The van der Waals surface area contributed by atoms with Crippen molar-refractivity contribution in [2.75, 3.05) is 34.3 Å². The van der Waals surface area contributed by atoms with Gasteiger partial charge in [0.1, 0.15) is 12.6 Å². The SMILES string of the molecule is CC(O)C(=O)O.C[N+](C)(C)CCO.[Cl-]. The van der Waals surface area contributed by atoms with Crippen LogP contribution in [-0.4, -0.2) is 66.2 Å². The Balaban J connectivity index is -0.000000163. The standard InChI is InChI=1S/C5H14NO.C3H6O3.ClH/c1-6(2,3)4-5-7;1-2(4)3(5)6;/h7H,4-5H2,1-3H3;2,4H,1H3,(H,5,6);1H/q+1;;/p-1. The van der Waals surface area contributed by atoms with Gasteiger partial charge in [-0.1, -0.05) is 0 Å². The molecule has 0 saturated carbocycles. The summed E-state index contributed by atoms with van der Waals surface area (Å²) in [5, 5.41) is 24.2. The van der Waals surface area contributed by atoms with Crippen LogP contribution < -0.4 is 12.4 Å². The van der Waals surface area contributed by atoms with Gasteiger partial charge in [0.15, 0.2) is 0 Å². The van der Waals surface area contributed by atoms with E-state index in [0.717, 1.165) is 11.0 Å². The molecule has 0 aromatic carbocycles. The molecule has 14 heavy (non-hydrogen) atoms. The minimum absolute atomic E-state index is 0. The molecule has 0 aliphatic carbocycles. The fourth-order valence-electron chi connectivity index (χ4n) is 0.300. The molecule has 0 radical (unpaired) electrons. The minimum atomic E-state index is -1.23. The molecule has 1 unspecified atom stereocenters. The number of rotatable bonds is 3. The monoisotopic (exact) mass is 229 g/mol. The number of carbonyl (C=O) groups is 1. The third-order valence-electron chi connectivity index (χ3n) is 1.13. The van der Waals surface area contributed by atoms with Crippen LogP contribution in [0.15, 0.2) is 0 Å². The maximum atomic E-state index is 9.45. The van der Waals surface area contributed by atoms with Crippen molar-refractivity contribution < 1.29 is 37.0 Å². The topological polar surface area (TPSA) is 77.8 Å². The smallest absolute Gasteiger partial charge is 0.332 e. The molecule has 1 atom stereocenters. The first kappa shape index (κ1) is 19.2. The van der Waals surface area contributed by atoms with Crippen LogP contribution in [0, 0.1) is 0 Å². The first-order valence-electron chi connectivity index (χ1n) is 4.03. The first-order valence-corrected chi connectivity index (χ1v) is 4.03.